The lowest BCUT2D eigenvalue weighted by Crippen LogP contribution is -2.22. The van der Waals surface area contributed by atoms with Crippen molar-refractivity contribution in [2.45, 2.75) is 6.92 Å². The molecule has 0 aliphatic rings. The third-order valence-electron chi connectivity index (χ3n) is 3.79. The molecular formula is C18H18N4O5. The van der Waals surface area contributed by atoms with Gasteiger partial charge in [-0.2, -0.15) is 5.10 Å². The van der Waals surface area contributed by atoms with E-state index in [1.165, 1.54) is 17.9 Å². The van der Waals surface area contributed by atoms with Crippen LogP contribution in [0.5, 0.6) is 5.75 Å². The van der Waals surface area contributed by atoms with Gasteiger partial charge in [-0.15, -0.1) is 0 Å². The van der Waals surface area contributed by atoms with Crippen molar-refractivity contribution in [3.63, 3.8) is 0 Å². The summed E-state index contributed by atoms with van der Waals surface area (Å²) in [7, 11) is 3.10. The molecule has 0 saturated heterocycles. The number of nitrogens with one attached hydrogen (secondary N) is 2. The molecule has 3 rings (SSSR count). The van der Waals surface area contributed by atoms with Gasteiger partial charge in [-0.05, 0) is 19.1 Å². The number of fused-ring (bicyclic) bond motifs is 1. The second kappa shape index (κ2) is 7.32. The summed E-state index contributed by atoms with van der Waals surface area (Å²) in [6, 6.07) is 5.98. The molecule has 2 amide bonds. The summed E-state index contributed by atoms with van der Waals surface area (Å²) < 4.78 is 12.0. The highest BCUT2D eigenvalue weighted by Crippen LogP contribution is 2.24. The number of carbonyl (C=O) groups is 2. The summed E-state index contributed by atoms with van der Waals surface area (Å²) in [5.41, 5.74) is -0.0141. The molecule has 1 aromatic carbocycles. The second-order valence-electron chi connectivity index (χ2n) is 5.67. The highest BCUT2D eigenvalue weighted by atomic mass is 16.5. The van der Waals surface area contributed by atoms with E-state index >= 15 is 0 Å². The van der Waals surface area contributed by atoms with Crippen molar-refractivity contribution in [3.8, 4) is 5.75 Å². The van der Waals surface area contributed by atoms with Crippen LogP contribution in [0.1, 0.15) is 27.8 Å². The molecule has 0 bridgehead atoms. The van der Waals surface area contributed by atoms with Crippen LogP contribution in [0, 0.1) is 0 Å². The van der Waals surface area contributed by atoms with E-state index in [1.54, 1.807) is 25.2 Å². The van der Waals surface area contributed by atoms with Crippen molar-refractivity contribution in [1.82, 2.24) is 15.1 Å². The maximum atomic E-state index is 12.8. The molecule has 0 spiro atoms. The average molecular weight is 370 g/mol. The van der Waals surface area contributed by atoms with Gasteiger partial charge in [0, 0.05) is 37.8 Å². The predicted molar refractivity (Wildman–Crippen MR) is 98.2 cm³/mol. The molecule has 0 unspecified atom stereocenters. The third kappa shape index (κ3) is 3.66. The fourth-order valence-electron chi connectivity index (χ4n) is 2.64. The zero-order valence-corrected chi connectivity index (χ0v) is 15.0. The van der Waals surface area contributed by atoms with Crippen molar-refractivity contribution < 1.29 is 18.7 Å². The van der Waals surface area contributed by atoms with Crippen LogP contribution in [0.25, 0.3) is 11.0 Å². The minimum absolute atomic E-state index is 0.0688. The second-order valence-corrected chi connectivity index (χ2v) is 5.67. The number of carbonyl (C=O) groups excluding carboxylic acids is 2. The van der Waals surface area contributed by atoms with E-state index in [-0.39, 0.29) is 22.5 Å². The minimum Gasteiger partial charge on any atom is -0.494 e. The number of benzene rings is 1. The van der Waals surface area contributed by atoms with Gasteiger partial charge in [-0.1, -0.05) is 0 Å². The van der Waals surface area contributed by atoms with Crippen molar-refractivity contribution >= 4 is 28.5 Å². The first-order valence-corrected chi connectivity index (χ1v) is 8.20. The topological polar surface area (TPSA) is 115 Å². The van der Waals surface area contributed by atoms with E-state index in [2.05, 4.69) is 15.7 Å². The van der Waals surface area contributed by atoms with Crippen LogP contribution < -0.4 is 21.0 Å². The smallest absolute Gasteiger partial charge is 0.337 e. The summed E-state index contributed by atoms with van der Waals surface area (Å²) in [6.45, 7) is 2.29. The molecule has 140 valence electrons. The fourth-order valence-corrected chi connectivity index (χ4v) is 2.64. The average Bonchev–Trinajstić information content (AvgIpc) is 3.00. The van der Waals surface area contributed by atoms with Crippen molar-refractivity contribution in [2.75, 3.05) is 19.0 Å². The molecule has 2 N–H and O–H groups in total. The van der Waals surface area contributed by atoms with Gasteiger partial charge in [0.05, 0.1) is 17.9 Å². The van der Waals surface area contributed by atoms with Gasteiger partial charge in [-0.3, -0.25) is 14.3 Å². The molecule has 0 radical (unpaired) electrons. The number of rotatable bonds is 5. The monoisotopic (exact) mass is 370 g/mol. The lowest BCUT2D eigenvalue weighted by Gasteiger charge is -2.08. The predicted octanol–water partition coefficient (Wildman–Crippen LogP) is 1.54. The van der Waals surface area contributed by atoms with Crippen LogP contribution in [0.15, 0.2) is 39.7 Å². The first kappa shape index (κ1) is 18.2. The van der Waals surface area contributed by atoms with E-state index in [0.29, 0.717) is 17.7 Å². The summed E-state index contributed by atoms with van der Waals surface area (Å²) in [4.78, 5) is 36.6. The van der Waals surface area contributed by atoms with Gasteiger partial charge < -0.3 is 19.8 Å². The molecule has 27 heavy (non-hydrogen) atoms. The SMILES string of the molecule is CCOc1ccc2c(C(=O)Nc3cn(C)nc3C(=O)NC)cc(=O)oc2c1. The van der Waals surface area contributed by atoms with Gasteiger partial charge in [-0.25, -0.2) is 4.79 Å². The molecule has 2 heterocycles. The van der Waals surface area contributed by atoms with Crippen LogP contribution in [-0.4, -0.2) is 35.2 Å². The van der Waals surface area contributed by atoms with Crippen LogP contribution >= 0.6 is 0 Å². The Morgan fingerprint density at radius 1 is 1.26 bits per heavy atom. The van der Waals surface area contributed by atoms with Crippen LogP contribution in [0.2, 0.25) is 0 Å². The Labute approximate surface area is 153 Å². The Hall–Kier alpha value is -3.62. The Morgan fingerprint density at radius 2 is 2.04 bits per heavy atom. The van der Waals surface area contributed by atoms with Gasteiger partial charge >= 0.3 is 5.63 Å². The van der Waals surface area contributed by atoms with E-state index in [0.717, 1.165) is 6.07 Å². The first-order chi connectivity index (χ1) is 12.9. The van der Waals surface area contributed by atoms with Crippen LogP contribution in [0.4, 0.5) is 5.69 Å². The molecule has 0 fully saturated rings. The highest BCUT2D eigenvalue weighted by Gasteiger charge is 2.20. The van der Waals surface area contributed by atoms with E-state index in [1.807, 2.05) is 6.92 Å². The van der Waals surface area contributed by atoms with Crippen molar-refractivity contribution in [3.05, 3.63) is 52.1 Å². The van der Waals surface area contributed by atoms with E-state index in [4.69, 9.17) is 9.15 Å². The normalized spacial score (nSPS) is 10.6. The van der Waals surface area contributed by atoms with E-state index in [9.17, 15) is 14.4 Å². The number of hydrogen-bond donors (Lipinski definition) is 2. The van der Waals surface area contributed by atoms with Gasteiger partial charge in [0.15, 0.2) is 5.69 Å². The number of amides is 2. The van der Waals surface area contributed by atoms with Gasteiger partial charge in [0.2, 0.25) is 0 Å². The molecule has 0 saturated carbocycles. The summed E-state index contributed by atoms with van der Waals surface area (Å²) in [6.07, 6.45) is 1.50. The maximum Gasteiger partial charge on any atom is 0.337 e. The highest BCUT2D eigenvalue weighted by molar-refractivity contribution is 6.13. The largest absolute Gasteiger partial charge is 0.494 e. The molecular weight excluding hydrogens is 352 g/mol. The van der Waals surface area contributed by atoms with Crippen molar-refractivity contribution in [1.29, 1.82) is 0 Å². The quantitative estimate of drug-likeness (QED) is 0.658. The summed E-state index contributed by atoms with van der Waals surface area (Å²) >= 11 is 0. The molecule has 0 atom stereocenters. The molecule has 9 nitrogen and oxygen atoms in total. The summed E-state index contributed by atoms with van der Waals surface area (Å²) in [5.74, 6) is -0.472. The Kier molecular flexibility index (Phi) is 4.93. The number of ether oxygens (including phenoxy) is 1. The standard InChI is InChI=1S/C18H18N4O5/c1-4-26-10-5-6-11-12(8-15(23)27-14(11)7-10)17(24)20-13-9-22(3)21-16(13)18(25)19-2/h5-9H,4H2,1-3H3,(H,19,25)(H,20,24). The zero-order chi connectivity index (χ0) is 19.6. The fraction of sp³-hybridized carbons (Fsp3) is 0.222. The number of anilines is 1. The molecule has 0 aliphatic heterocycles. The number of aromatic nitrogens is 2. The lowest BCUT2D eigenvalue weighted by molar-refractivity contribution is 0.0958. The number of hydrogen-bond acceptors (Lipinski definition) is 6. The third-order valence-corrected chi connectivity index (χ3v) is 3.79. The number of aryl methyl sites for hydroxylation is 1. The Balaban J connectivity index is 2.01. The molecule has 9 heteroatoms. The van der Waals surface area contributed by atoms with Gasteiger partial charge in [0.1, 0.15) is 11.3 Å². The Morgan fingerprint density at radius 3 is 2.74 bits per heavy atom. The summed E-state index contributed by atoms with van der Waals surface area (Å²) in [5, 5.41) is 9.57. The van der Waals surface area contributed by atoms with Gasteiger partial charge in [0.25, 0.3) is 11.8 Å². The zero-order valence-electron chi connectivity index (χ0n) is 15.0. The Bertz CT molecular complexity index is 1080. The minimum atomic E-state index is -0.668. The van der Waals surface area contributed by atoms with Crippen LogP contribution in [0.3, 0.4) is 0 Å². The lowest BCUT2D eigenvalue weighted by atomic mass is 10.1. The van der Waals surface area contributed by atoms with E-state index < -0.39 is 17.4 Å². The molecule has 0 aliphatic carbocycles. The number of nitrogens with zero attached hydrogens (tertiary/aromatic N) is 2. The first-order valence-electron chi connectivity index (χ1n) is 8.20. The van der Waals surface area contributed by atoms with Crippen LogP contribution in [-0.2, 0) is 7.05 Å². The molecule has 2 aromatic heterocycles. The maximum absolute atomic E-state index is 12.8. The van der Waals surface area contributed by atoms with Crippen molar-refractivity contribution in [2.24, 2.45) is 7.05 Å². The molecule has 3 aromatic rings.